The summed E-state index contributed by atoms with van der Waals surface area (Å²) in [6.07, 6.45) is 43.4. The second kappa shape index (κ2) is 47.8. The summed E-state index contributed by atoms with van der Waals surface area (Å²) in [5, 5.41) is 3.34. The van der Waals surface area contributed by atoms with Crippen molar-refractivity contribution in [3.63, 3.8) is 0 Å². The van der Waals surface area contributed by atoms with Gasteiger partial charge in [-0.05, 0) is 45.6 Å². The Bertz CT molecular complexity index is 1810. The molecule has 0 amide bonds. The minimum atomic E-state index is -4.12. The van der Waals surface area contributed by atoms with Crippen LogP contribution in [0.1, 0.15) is 265 Å². The predicted molar refractivity (Wildman–Crippen MR) is 348 cm³/mol. The molecule has 3 heterocycles. The Labute approximate surface area is 509 Å². The summed E-state index contributed by atoms with van der Waals surface area (Å²) in [4.78, 5) is 12.9. The Kier molecular flexibility index (Phi) is 43.9. The molecule has 3 aliphatic rings. The van der Waals surface area contributed by atoms with Gasteiger partial charge in [-0.2, -0.15) is 5.09 Å². The van der Waals surface area contributed by atoms with E-state index >= 15 is 0 Å². The third-order valence-electron chi connectivity index (χ3n) is 16.6. The summed E-state index contributed by atoms with van der Waals surface area (Å²) < 4.78 is 88.9. The number of hydrogen-bond donors (Lipinski definition) is 1. The maximum absolute atomic E-state index is 14.9. The quantitative estimate of drug-likeness (QED) is 0.0452. The number of guanidine groups is 2. The highest BCUT2D eigenvalue weighted by Gasteiger charge is 2.38. The van der Waals surface area contributed by atoms with Crippen molar-refractivity contribution in [2.24, 2.45) is 9.53 Å². The zero-order valence-corrected chi connectivity index (χ0v) is 57.4. The molecule has 3 rings (SSSR count). The van der Waals surface area contributed by atoms with E-state index in [0.29, 0.717) is 18.5 Å². The van der Waals surface area contributed by atoms with Crippen molar-refractivity contribution in [1.29, 1.82) is 0 Å². The zero-order valence-electron chi connectivity index (χ0n) is 54.7. The molecule has 490 valence electrons. The van der Waals surface area contributed by atoms with Crippen LogP contribution in [0.25, 0.3) is 0 Å². The maximum atomic E-state index is 14.9. The molecule has 3 fully saturated rings. The van der Waals surface area contributed by atoms with E-state index in [0.717, 1.165) is 123 Å². The van der Waals surface area contributed by atoms with E-state index in [4.69, 9.17) is 31.9 Å². The molecule has 4 atom stereocenters. The molecular formula is C62H128N9O9P3. The van der Waals surface area contributed by atoms with Gasteiger partial charge in [-0.3, -0.25) is 36.9 Å². The Morgan fingerprint density at radius 2 is 0.711 bits per heavy atom. The third kappa shape index (κ3) is 34.4. The van der Waals surface area contributed by atoms with Crippen molar-refractivity contribution < 1.29 is 40.8 Å². The van der Waals surface area contributed by atoms with Crippen LogP contribution >= 0.6 is 23.2 Å². The normalized spacial score (nSPS) is 19.5. The average molecular weight is 1240 g/mol. The number of unbranched alkanes of at least 4 members (excludes halogenated alkanes) is 31. The van der Waals surface area contributed by atoms with Gasteiger partial charge in [0.25, 0.3) is 0 Å². The molecule has 0 aromatic heterocycles. The van der Waals surface area contributed by atoms with Crippen molar-refractivity contribution in [1.82, 2.24) is 34.5 Å². The minimum absolute atomic E-state index is 0.00695. The van der Waals surface area contributed by atoms with Crippen LogP contribution in [0, 0.1) is 0 Å². The molecule has 18 nitrogen and oxygen atoms in total. The fourth-order valence-corrected chi connectivity index (χ4v) is 15.3. The lowest BCUT2D eigenvalue weighted by molar-refractivity contribution is 0.113. The summed E-state index contributed by atoms with van der Waals surface area (Å²) in [5.74, 6) is 1.21. The molecule has 0 bridgehead atoms. The lowest BCUT2D eigenvalue weighted by Crippen LogP contribution is -2.47. The molecule has 83 heavy (non-hydrogen) atoms. The smallest absolute Gasteiger partial charge is 0.344 e. The molecule has 3 aliphatic heterocycles. The van der Waals surface area contributed by atoms with Crippen molar-refractivity contribution in [3.05, 3.63) is 0 Å². The summed E-state index contributed by atoms with van der Waals surface area (Å²) in [5.41, 5.74) is 0. The molecule has 1 N–H and O–H groups in total. The highest BCUT2D eigenvalue weighted by Crippen LogP contribution is 2.53. The van der Waals surface area contributed by atoms with Gasteiger partial charge in [0, 0.05) is 80.1 Å². The van der Waals surface area contributed by atoms with Gasteiger partial charge < -0.3 is 19.6 Å². The number of likely N-dealkylation sites (N-methyl/N-ethyl adjacent to an activating group) is 3. The first kappa shape index (κ1) is 76.1. The highest BCUT2D eigenvalue weighted by atomic mass is 31.2. The van der Waals surface area contributed by atoms with Crippen LogP contribution in [0.5, 0.6) is 0 Å². The van der Waals surface area contributed by atoms with Crippen LogP contribution in [0.2, 0.25) is 0 Å². The van der Waals surface area contributed by atoms with Gasteiger partial charge >= 0.3 is 23.2 Å². The Hall–Kier alpha value is -1.13. The van der Waals surface area contributed by atoms with Gasteiger partial charge in [-0.1, -0.05) is 227 Å². The number of hydrogen-bond acceptors (Lipinski definition) is 11. The summed E-state index contributed by atoms with van der Waals surface area (Å²) >= 11 is 0. The maximum Gasteiger partial charge on any atom is 0.457 e. The molecule has 0 spiro atoms. The topological polar surface area (TPSA) is 163 Å². The third-order valence-corrected chi connectivity index (χ3v) is 21.0. The lowest BCUT2D eigenvalue weighted by atomic mass is 10.1. The van der Waals surface area contributed by atoms with E-state index in [1.54, 1.807) is 0 Å². The van der Waals surface area contributed by atoms with E-state index in [1.165, 1.54) is 168 Å². The molecule has 0 radical (unpaired) electrons. The molecule has 21 heteroatoms. The van der Waals surface area contributed by atoms with Gasteiger partial charge in [0.05, 0.1) is 33.0 Å². The van der Waals surface area contributed by atoms with Crippen LogP contribution in [0.3, 0.4) is 0 Å². The Balaban J connectivity index is 1.64. The van der Waals surface area contributed by atoms with Gasteiger partial charge in [-0.15, -0.1) is 9.53 Å². The monoisotopic (exact) mass is 1240 g/mol. The fraction of sp³-hybridized carbons (Fsp3) is 0.968. The SMILES string of the molecule is CCCCCCCCCCCCN1CCN(C)/C1=N\P(=O)(OC)OCCCOP(=O)(/N=C1\N(C)CCN1CCCCCCCCCCCC)OCCCOP(=O)(NC1N(C)CCN1CCCCCCCCCCCC)OCCCCCCC. The van der Waals surface area contributed by atoms with Gasteiger partial charge in [0.2, 0.25) is 11.9 Å². The van der Waals surface area contributed by atoms with Crippen molar-refractivity contribution in [2.45, 2.75) is 272 Å². The number of nitrogens with one attached hydrogen (secondary N) is 1. The number of nitrogens with zero attached hydrogens (tertiary/aromatic N) is 8. The summed E-state index contributed by atoms with van der Waals surface area (Å²) in [6, 6.07) is 0. The number of rotatable bonds is 57. The van der Waals surface area contributed by atoms with Gasteiger partial charge in [0.1, 0.15) is 6.29 Å². The van der Waals surface area contributed by atoms with Gasteiger partial charge in [-0.25, -0.2) is 13.7 Å². The van der Waals surface area contributed by atoms with Crippen LogP contribution in [-0.4, -0.2) is 168 Å². The molecule has 0 aliphatic carbocycles. The van der Waals surface area contributed by atoms with Crippen molar-refractivity contribution in [2.75, 3.05) is 120 Å². The first-order chi connectivity index (χ1) is 40.3. The molecule has 0 saturated carbocycles. The highest BCUT2D eigenvalue weighted by molar-refractivity contribution is 7.53. The van der Waals surface area contributed by atoms with E-state index in [1.807, 2.05) is 23.9 Å². The average Bonchev–Trinajstić information content (AvgIpc) is 4.37. The fourth-order valence-electron chi connectivity index (χ4n) is 11.2. The molecule has 0 aromatic carbocycles. The standard InChI is InChI=1S/C62H128N9O9P3/c1-9-13-17-21-24-27-30-33-36-40-46-69-52-49-66(5)60(69)63-81(72,75-8)76-56-44-57-79-83(74,65-62-68(7)51-54-71(62)48-42-38-35-32-29-26-23-19-15-11-3)80-59-45-58-78-82(73,77-55-43-39-20-16-12-4)64-61-67(6)50-53-70(61)47-41-37-34-31-28-25-22-18-14-10-2/h61H,9-59H2,1-8H3,(H,64,73)/b63-60+,65-62+. The van der Waals surface area contributed by atoms with Crippen molar-refractivity contribution in [3.8, 4) is 0 Å². The molecule has 0 aromatic rings. The van der Waals surface area contributed by atoms with E-state index in [-0.39, 0.29) is 45.6 Å². The molecular weight excluding hydrogens is 1110 g/mol. The van der Waals surface area contributed by atoms with Gasteiger partial charge in [0.15, 0.2) is 0 Å². The van der Waals surface area contributed by atoms with Crippen molar-refractivity contribution >= 4 is 35.2 Å². The van der Waals surface area contributed by atoms with E-state index < -0.39 is 23.2 Å². The van der Waals surface area contributed by atoms with Crippen LogP contribution in [-0.2, 0) is 40.8 Å². The summed E-state index contributed by atoms with van der Waals surface area (Å²) in [6.45, 7) is 16.7. The van der Waals surface area contributed by atoms with E-state index in [2.05, 4.69) is 64.2 Å². The minimum Gasteiger partial charge on any atom is -0.344 e. The van der Waals surface area contributed by atoms with Crippen LogP contribution in [0.15, 0.2) is 9.53 Å². The van der Waals surface area contributed by atoms with Crippen LogP contribution < -0.4 is 5.09 Å². The second-order valence-corrected chi connectivity index (χ2v) is 29.3. The first-order valence-corrected chi connectivity index (χ1v) is 38.8. The molecule has 3 saturated heterocycles. The Morgan fingerprint density at radius 3 is 1.11 bits per heavy atom. The first-order valence-electron chi connectivity index (χ1n) is 34.3. The second-order valence-electron chi connectivity index (χ2n) is 24.1. The molecule has 4 unspecified atom stereocenters. The van der Waals surface area contributed by atoms with E-state index in [9.17, 15) is 13.7 Å². The lowest BCUT2D eigenvalue weighted by Gasteiger charge is -2.32. The zero-order chi connectivity index (χ0) is 60.1. The summed E-state index contributed by atoms with van der Waals surface area (Å²) in [7, 11) is -4.43. The van der Waals surface area contributed by atoms with Crippen LogP contribution in [0.4, 0.5) is 0 Å². The Morgan fingerprint density at radius 1 is 0.386 bits per heavy atom. The predicted octanol–water partition coefficient (Wildman–Crippen LogP) is 16.9. The largest absolute Gasteiger partial charge is 0.457 e.